The van der Waals surface area contributed by atoms with E-state index in [4.69, 9.17) is 0 Å². The summed E-state index contributed by atoms with van der Waals surface area (Å²) in [6.45, 7) is 0. The lowest BCUT2D eigenvalue weighted by Gasteiger charge is -2.10. The number of hydrogen-bond acceptors (Lipinski definition) is 5. The Balaban J connectivity index is 1.60. The molecule has 8 heteroatoms. The standard InChI is InChI=1S/C20H13FN4O2S/c21-16-10-13(7-8-17(16)25-12-22-11-23-25)24-20(27)15-5-2-1-4-14(15)19(26)18-6-3-9-28-18/h1-12H,(H,24,27). The number of amides is 1. The monoisotopic (exact) mass is 392 g/mol. The Bertz CT molecular complexity index is 1140. The highest BCUT2D eigenvalue weighted by Crippen LogP contribution is 2.21. The highest BCUT2D eigenvalue weighted by atomic mass is 32.1. The molecule has 0 atom stereocenters. The Morgan fingerprint density at radius 2 is 1.86 bits per heavy atom. The Morgan fingerprint density at radius 1 is 1.04 bits per heavy atom. The van der Waals surface area contributed by atoms with E-state index in [0.717, 1.165) is 0 Å². The summed E-state index contributed by atoms with van der Waals surface area (Å²) in [5.41, 5.74) is 0.998. The van der Waals surface area contributed by atoms with Gasteiger partial charge in [0.05, 0.1) is 10.4 Å². The third-order valence-corrected chi connectivity index (χ3v) is 4.90. The van der Waals surface area contributed by atoms with Crippen LogP contribution in [0.15, 0.2) is 72.6 Å². The van der Waals surface area contributed by atoms with E-state index in [-0.39, 0.29) is 22.7 Å². The van der Waals surface area contributed by atoms with E-state index in [1.807, 2.05) is 0 Å². The molecule has 28 heavy (non-hydrogen) atoms. The predicted octanol–water partition coefficient (Wildman–Crippen LogP) is 3.95. The maximum atomic E-state index is 14.4. The fraction of sp³-hybridized carbons (Fsp3) is 0. The zero-order valence-electron chi connectivity index (χ0n) is 14.4. The van der Waals surface area contributed by atoms with E-state index >= 15 is 0 Å². The first-order chi connectivity index (χ1) is 13.6. The molecule has 138 valence electrons. The van der Waals surface area contributed by atoms with Crippen LogP contribution in [0.2, 0.25) is 0 Å². The molecule has 4 rings (SSSR count). The number of nitrogens with one attached hydrogen (secondary N) is 1. The van der Waals surface area contributed by atoms with Crippen molar-refractivity contribution in [1.82, 2.24) is 14.8 Å². The van der Waals surface area contributed by atoms with Crippen LogP contribution in [-0.4, -0.2) is 26.5 Å². The lowest BCUT2D eigenvalue weighted by molar-refractivity contribution is 0.0998. The highest BCUT2D eigenvalue weighted by molar-refractivity contribution is 7.12. The molecule has 0 bridgehead atoms. The number of benzene rings is 2. The molecule has 0 saturated heterocycles. The maximum Gasteiger partial charge on any atom is 0.256 e. The van der Waals surface area contributed by atoms with Crippen molar-refractivity contribution in [3.05, 3.63) is 94.5 Å². The average Bonchev–Trinajstić information content (AvgIpc) is 3.42. The Morgan fingerprint density at radius 3 is 2.54 bits per heavy atom. The van der Waals surface area contributed by atoms with Gasteiger partial charge in [0.1, 0.15) is 18.3 Å². The second-order valence-electron chi connectivity index (χ2n) is 5.81. The Kier molecular flexibility index (Phi) is 4.77. The number of rotatable bonds is 5. The molecule has 2 heterocycles. The first kappa shape index (κ1) is 17.7. The van der Waals surface area contributed by atoms with Crippen LogP contribution in [0, 0.1) is 5.82 Å². The minimum Gasteiger partial charge on any atom is -0.322 e. The molecule has 2 aromatic carbocycles. The average molecular weight is 392 g/mol. The smallest absolute Gasteiger partial charge is 0.256 e. The van der Waals surface area contributed by atoms with Gasteiger partial charge in [-0.05, 0) is 35.7 Å². The van der Waals surface area contributed by atoms with E-state index in [1.54, 1.807) is 47.8 Å². The molecule has 0 unspecified atom stereocenters. The van der Waals surface area contributed by atoms with E-state index in [9.17, 15) is 14.0 Å². The van der Waals surface area contributed by atoms with Gasteiger partial charge in [-0.3, -0.25) is 9.59 Å². The normalized spacial score (nSPS) is 10.6. The van der Waals surface area contributed by atoms with E-state index in [0.29, 0.717) is 10.4 Å². The zero-order chi connectivity index (χ0) is 19.5. The van der Waals surface area contributed by atoms with Gasteiger partial charge in [0.15, 0.2) is 5.82 Å². The minimum atomic E-state index is -0.564. The number of anilines is 1. The van der Waals surface area contributed by atoms with E-state index in [2.05, 4.69) is 15.4 Å². The molecular weight excluding hydrogens is 379 g/mol. The van der Waals surface area contributed by atoms with Crippen molar-refractivity contribution in [2.45, 2.75) is 0 Å². The summed E-state index contributed by atoms with van der Waals surface area (Å²) in [5.74, 6) is -1.28. The molecule has 6 nitrogen and oxygen atoms in total. The second kappa shape index (κ2) is 7.53. The van der Waals surface area contributed by atoms with Gasteiger partial charge in [-0.2, -0.15) is 5.10 Å². The van der Waals surface area contributed by atoms with Gasteiger partial charge in [-0.25, -0.2) is 14.1 Å². The maximum absolute atomic E-state index is 14.4. The summed E-state index contributed by atoms with van der Waals surface area (Å²) >= 11 is 1.31. The van der Waals surface area contributed by atoms with Gasteiger partial charge < -0.3 is 5.32 Å². The predicted molar refractivity (Wildman–Crippen MR) is 103 cm³/mol. The largest absolute Gasteiger partial charge is 0.322 e. The van der Waals surface area contributed by atoms with Crippen molar-refractivity contribution in [1.29, 1.82) is 0 Å². The third kappa shape index (κ3) is 3.45. The van der Waals surface area contributed by atoms with Crippen molar-refractivity contribution >= 4 is 28.7 Å². The molecule has 0 spiro atoms. The van der Waals surface area contributed by atoms with Gasteiger partial charge in [-0.1, -0.05) is 24.3 Å². The van der Waals surface area contributed by atoms with Crippen LogP contribution in [0.4, 0.5) is 10.1 Å². The molecule has 0 fully saturated rings. The van der Waals surface area contributed by atoms with Gasteiger partial charge in [0.25, 0.3) is 5.91 Å². The topological polar surface area (TPSA) is 76.9 Å². The van der Waals surface area contributed by atoms with Gasteiger partial charge in [0.2, 0.25) is 5.78 Å². The fourth-order valence-electron chi connectivity index (χ4n) is 2.72. The number of halogens is 1. The van der Waals surface area contributed by atoms with Gasteiger partial charge in [-0.15, -0.1) is 11.3 Å². The van der Waals surface area contributed by atoms with Crippen LogP contribution in [0.1, 0.15) is 25.6 Å². The summed E-state index contributed by atoms with van der Waals surface area (Å²) in [5, 5.41) is 8.32. The number of hydrogen-bond donors (Lipinski definition) is 1. The van der Waals surface area contributed by atoms with Crippen LogP contribution in [-0.2, 0) is 0 Å². The van der Waals surface area contributed by atoms with Crippen LogP contribution in [0.25, 0.3) is 5.69 Å². The summed E-state index contributed by atoms with van der Waals surface area (Å²) in [6, 6.07) is 14.3. The van der Waals surface area contributed by atoms with Crippen molar-refractivity contribution in [3.63, 3.8) is 0 Å². The summed E-state index contributed by atoms with van der Waals surface area (Å²) in [6.07, 6.45) is 2.68. The molecule has 1 N–H and O–H groups in total. The number of carbonyl (C=O) groups excluding carboxylic acids is 2. The number of carbonyl (C=O) groups is 2. The van der Waals surface area contributed by atoms with E-state index < -0.39 is 11.7 Å². The molecule has 0 aliphatic rings. The summed E-state index contributed by atoms with van der Waals surface area (Å²) in [7, 11) is 0. The third-order valence-electron chi connectivity index (χ3n) is 4.03. The Hall–Kier alpha value is -3.65. The quantitative estimate of drug-likeness (QED) is 0.522. The van der Waals surface area contributed by atoms with Crippen molar-refractivity contribution in [2.24, 2.45) is 0 Å². The molecule has 0 saturated carbocycles. The SMILES string of the molecule is O=C(Nc1ccc(-n2cncn2)c(F)c1)c1ccccc1C(=O)c1cccs1. The van der Waals surface area contributed by atoms with Crippen LogP contribution < -0.4 is 5.32 Å². The zero-order valence-corrected chi connectivity index (χ0v) is 15.2. The Labute approximate surface area is 163 Å². The fourth-order valence-corrected chi connectivity index (χ4v) is 3.40. The van der Waals surface area contributed by atoms with Crippen LogP contribution in [0.5, 0.6) is 0 Å². The summed E-state index contributed by atoms with van der Waals surface area (Å²) in [4.78, 5) is 29.7. The first-order valence-corrected chi connectivity index (χ1v) is 9.14. The lowest BCUT2D eigenvalue weighted by atomic mass is 10.0. The van der Waals surface area contributed by atoms with Crippen LogP contribution >= 0.6 is 11.3 Å². The van der Waals surface area contributed by atoms with Crippen molar-refractivity contribution in [2.75, 3.05) is 5.32 Å². The molecule has 4 aromatic rings. The minimum absolute atomic E-state index is 0.212. The van der Waals surface area contributed by atoms with Gasteiger partial charge >= 0.3 is 0 Å². The summed E-state index contributed by atoms with van der Waals surface area (Å²) < 4.78 is 15.7. The van der Waals surface area contributed by atoms with Crippen LogP contribution in [0.3, 0.4) is 0 Å². The molecule has 1 amide bonds. The van der Waals surface area contributed by atoms with Gasteiger partial charge in [0, 0.05) is 11.3 Å². The first-order valence-electron chi connectivity index (χ1n) is 8.26. The molecule has 0 radical (unpaired) electrons. The highest BCUT2D eigenvalue weighted by Gasteiger charge is 2.19. The molecule has 0 aliphatic carbocycles. The number of aromatic nitrogens is 3. The molecule has 2 aromatic heterocycles. The number of thiophene rings is 1. The number of nitrogens with zero attached hydrogens (tertiary/aromatic N) is 3. The van der Waals surface area contributed by atoms with Crippen molar-refractivity contribution < 1.29 is 14.0 Å². The molecular formula is C20H13FN4O2S. The second-order valence-corrected chi connectivity index (χ2v) is 6.76. The lowest BCUT2D eigenvalue weighted by Crippen LogP contribution is -2.16. The molecule has 0 aliphatic heterocycles. The van der Waals surface area contributed by atoms with E-state index in [1.165, 1.54) is 40.8 Å². The van der Waals surface area contributed by atoms with Crippen molar-refractivity contribution in [3.8, 4) is 5.69 Å². The number of ketones is 1.